The summed E-state index contributed by atoms with van der Waals surface area (Å²) in [6.07, 6.45) is 14.3. The van der Waals surface area contributed by atoms with Gasteiger partial charge in [-0.15, -0.1) is 0 Å². The number of hydrogen-bond donors (Lipinski definition) is 1. The molecule has 6 nitrogen and oxygen atoms in total. The molecule has 2 aliphatic heterocycles. The van der Waals surface area contributed by atoms with Crippen molar-refractivity contribution in [2.75, 3.05) is 6.61 Å². The van der Waals surface area contributed by atoms with E-state index in [2.05, 4.69) is 32.9 Å². The summed E-state index contributed by atoms with van der Waals surface area (Å²) in [5.41, 5.74) is 3.87. The van der Waals surface area contributed by atoms with Gasteiger partial charge in [0.25, 0.3) is 0 Å². The number of cyclic esters (lactones) is 2. The molecule has 0 amide bonds. The normalized spacial score (nSPS) is 24.5. The Labute approximate surface area is 198 Å². The molecule has 0 saturated carbocycles. The predicted octanol–water partition coefficient (Wildman–Crippen LogP) is 5.67. The van der Waals surface area contributed by atoms with Gasteiger partial charge in [-0.3, -0.25) is 0 Å². The van der Waals surface area contributed by atoms with Crippen LogP contribution in [0.5, 0.6) is 0 Å². The highest BCUT2D eigenvalue weighted by Gasteiger charge is 2.37. The Hall–Kier alpha value is -2.18. The fraction of sp³-hybridized carbons (Fsp3) is 0.630. The third-order valence-electron chi connectivity index (χ3n) is 6.03. The molecule has 0 aromatic carbocycles. The summed E-state index contributed by atoms with van der Waals surface area (Å²) < 4.78 is 15.5. The Bertz CT molecular complexity index is 818. The van der Waals surface area contributed by atoms with Gasteiger partial charge in [-0.25, -0.2) is 9.59 Å². The molecule has 2 heterocycles. The molecule has 0 aromatic heterocycles. The minimum atomic E-state index is -1.44. The summed E-state index contributed by atoms with van der Waals surface area (Å²) in [4.78, 5) is 23.3. The van der Waals surface area contributed by atoms with Crippen molar-refractivity contribution in [3.8, 4) is 0 Å². The standard InChI is InChI=1S/C27H40O6/c1-6-31-24-16-23(26(29)32-24)15-9-13-20(3)11-7-10-19(2)12-8-14-21(4)17-27(30)18-22(5)25(28)33-27/h10,13,16,18,21,24,30H,6-9,11-12,14-15,17H2,1-5H3. The van der Waals surface area contributed by atoms with Gasteiger partial charge in [-0.05, 0) is 84.3 Å². The van der Waals surface area contributed by atoms with Gasteiger partial charge in [0.05, 0.1) is 0 Å². The molecular formula is C27H40O6. The maximum Gasteiger partial charge on any atom is 0.336 e. The zero-order chi connectivity index (χ0) is 24.4. The first-order valence-electron chi connectivity index (χ1n) is 12.1. The molecule has 33 heavy (non-hydrogen) atoms. The van der Waals surface area contributed by atoms with Crippen LogP contribution in [-0.2, 0) is 23.8 Å². The summed E-state index contributed by atoms with van der Waals surface area (Å²) >= 11 is 0. The van der Waals surface area contributed by atoms with E-state index in [1.165, 1.54) is 17.2 Å². The lowest BCUT2D eigenvalue weighted by atomic mass is 9.94. The van der Waals surface area contributed by atoms with Gasteiger partial charge in [0.15, 0.2) is 0 Å². The molecule has 184 valence electrons. The van der Waals surface area contributed by atoms with Crippen LogP contribution in [0.3, 0.4) is 0 Å². The topological polar surface area (TPSA) is 82.1 Å². The van der Waals surface area contributed by atoms with E-state index in [9.17, 15) is 14.7 Å². The highest BCUT2D eigenvalue weighted by molar-refractivity contribution is 5.91. The highest BCUT2D eigenvalue weighted by Crippen LogP contribution is 2.30. The lowest BCUT2D eigenvalue weighted by molar-refractivity contribution is -0.183. The van der Waals surface area contributed by atoms with Crippen molar-refractivity contribution in [3.05, 3.63) is 46.6 Å². The molecule has 0 radical (unpaired) electrons. The van der Waals surface area contributed by atoms with E-state index in [1.54, 1.807) is 13.0 Å². The van der Waals surface area contributed by atoms with E-state index < -0.39 is 18.0 Å². The second-order valence-corrected chi connectivity index (χ2v) is 9.36. The number of ether oxygens (including phenoxy) is 3. The monoisotopic (exact) mass is 460 g/mol. The highest BCUT2D eigenvalue weighted by atomic mass is 16.7. The van der Waals surface area contributed by atoms with E-state index >= 15 is 0 Å². The first-order chi connectivity index (χ1) is 15.6. The summed E-state index contributed by atoms with van der Waals surface area (Å²) in [7, 11) is 0. The van der Waals surface area contributed by atoms with Crippen molar-refractivity contribution >= 4 is 11.9 Å². The molecule has 2 aliphatic rings. The SMILES string of the molecule is CCOC1C=C(CCC=C(C)CCC=C(C)CCCC(C)CC2(O)C=C(C)C(=O)O2)C(=O)O1. The average molecular weight is 461 g/mol. The minimum absolute atomic E-state index is 0.263. The van der Waals surface area contributed by atoms with Gasteiger partial charge in [0.2, 0.25) is 12.1 Å². The quantitative estimate of drug-likeness (QED) is 0.265. The number of rotatable bonds is 14. The Morgan fingerprint density at radius 2 is 1.88 bits per heavy atom. The molecule has 0 aliphatic carbocycles. The van der Waals surface area contributed by atoms with Crippen LogP contribution in [-0.4, -0.2) is 35.7 Å². The smallest absolute Gasteiger partial charge is 0.336 e. The molecule has 0 aromatic rings. The summed E-state index contributed by atoms with van der Waals surface area (Å²) in [5.74, 6) is -1.87. The average Bonchev–Trinajstić information content (AvgIpc) is 3.19. The number of carbonyl (C=O) groups is 2. The maximum absolute atomic E-state index is 11.8. The van der Waals surface area contributed by atoms with Gasteiger partial charge in [0.1, 0.15) is 0 Å². The molecule has 6 heteroatoms. The van der Waals surface area contributed by atoms with Crippen molar-refractivity contribution in [3.63, 3.8) is 0 Å². The molecule has 3 atom stereocenters. The molecule has 0 spiro atoms. The number of allylic oxidation sites excluding steroid dienone is 4. The Morgan fingerprint density at radius 3 is 2.55 bits per heavy atom. The van der Waals surface area contributed by atoms with Crippen LogP contribution in [0.25, 0.3) is 0 Å². The van der Waals surface area contributed by atoms with Gasteiger partial charge in [0, 0.05) is 24.2 Å². The van der Waals surface area contributed by atoms with Crippen LogP contribution in [0.15, 0.2) is 46.6 Å². The van der Waals surface area contributed by atoms with E-state index in [-0.39, 0.29) is 11.9 Å². The third kappa shape index (κ3) is 9.30. The lowest BCUT2D eigenvalue weighted by Gasteiger charge is -2.23. The Kier molecular flexibility index (Phi) is 10.6. The van der Waals surface area contributed by atoms with Crippen LogP contribution in [0.4, 0.5) is 0 Å². The van der Waals surface area contributed by atoms with Gasteiger partial charge in [-0.2, -0.15) is 0 Å². The molecule has 1 N–H and O–H groups in total. The predicted molar refractivity (Wildman–Crippen MR) is 128 cm³/mol. The molecule has 0 fully saturated rings. The van der Waals surface area contributed by atoms with Crippen molar-refractivity contribution in [1.82, 2.24) is 0 Å². The summed E-state index contributed by atoms with van der Waals surface area (Å²) in [6.45, 7) is 10.4. The second-order valence-electron chi connectivity index (χ2n) is 9.36. The van der Waals surface area contributed by atoms with Crippen LogP contribution in [0.2, 0.25) is 0 Å². The van der Waals surface area contributed by atoms with Crippen LogP contribution in [0, 0.1) is 5.92 Å². The molecule has 0 saturated heterocycles. The van der Waals surface area contributed by atoms with Crippen LogP contribution in [0.1, 0.15) is 86.0 Å². The minimum Gasteiger partial charge on any atom is -0.429 e. The number of aliphatic hydroxyl groups is 1. The second kappa shape index (κ2) is 12.9. The van der Waals surface area contributed by atoms with E-state index in [0.717, 1.165) is 38.5 Å². The maximum atomic E-state index is 11.8. The Balaban J connectivity index is 1.62. The summed E-state index contributed by atoms with van der Waals surface area (Å²) in [6, 6.07) is 0. The molecule has 0 bridgehead atoms. The van der Waals surface area contributed by atoms with Crippen LogP contribution < -0.4 is 0 Å². The molecule has 3 unspecified atom stereocenters. The molecule has 2 rings (SSSR count). The van der Waals surface area contributed by atoms with Crippen molar-refractivity contribution in [1.29, 1.82) is 0 Å². The van der Waals surface area contributed by atoms with Crippen molar-refractivity contribution in [2.24, 2.45) is 5.92 Å². The number of esters is 2. The fourth-order valence-electron chi connectivity index (χ4n) is 4.20. The number of hydrogen-bond acceptors (Lipinski definition) is 6. The van der Waals surface area contributed by atoms with E-state index in [4.69, 9.17) is 14.2 Å². The van der Waals surface area contributed by atoms with Gasteiger partial charge in [-0.1, -0.05) is 36.6 Å². The number of carbonyl (C=O) groups excluding carboxylic acids is 2. The zero-order valence-electron chi connectivity index (χ0n) is 20.8. The van der Waals surface area contributed by atoms with Gasteiger partial charge >= 0.3 is 11.9 Å². The molecular weight excluding hydrogens is 420 g/mol. The fourth-order valence-corrected chi connectivity index (χ4v) is 4.20. The van der Waals surface area contributed by atoms with Crippen LogP contribution >= 0.6 is 0 Å². The first kappa shape index (κ1) is 27.1. The summed E-state index contributed by atoms with van der Waals surface area (Å²) in [5, 5.41) is 10.4. The van der Waals surface area contributed by atoms with E-state index in [0.29, 0.717) is 30.6 Å². The van der Waals surface area contributed by atoms with Crippen molar-refractivity contribution < 1.29 is 28.9 Å². The Morgan fingerprint density at radius 1 is 1.18 bits per heavy atom. The third-order valence-corrected chi connectivity index (χ3v) is 6.03. The largest absolute Gasteiger partial charge is 0.429 e. The van der Waals surface area contributed by atoms with E-state index in [1.807, 2.05) is 6.92 Å². The van der Waals surface area contributed by atoms with Crippen molar-refractivity contribution in [2.45, 2.75) is 98.1 Å². The zero-order valence-corrected chi connectivity index (χ0v) is 20.8. The first-order valence-corrected chi connectivity index (χ1v) is 12.1. The lowest BCUT2D eigenvalue weighted by Crippen LogP contribution is -2.30. The van der Waals surface area contributed by atoms with Gasteiger partial charge < -0.3 is 19.3 Å².